The summed E-state index contributed by atoms with van der Waals surface area (Å²) in [5.74, 6) is -0.941. The fourth-order valence-electron chi connectivity index (χ4n) is 3.79. The Balaban J connectivity index is 1.57. The number of pyridine rings is 1. The predicted molar refractivity (Wildman–Crippen MR) is 131 cm³/mol. The highest BCUT2D eigenvalue weighted by atomic mass is 32.2. The molecule has 11 nitrogen and oxygen atoms in total. The number of sulfonamides is 1. The third-order valence-electron chi connectivity index (χ3n) is 5.58. The van der Waals surface area contributed by atoms with E-state index in [1.807, 2.05) is 13.0 Å². The maximum atomic E-state index is 12.8. The summed E-state index contributed by atoms with van der Waals surface area (Å²) in [6, 6.07) is 13.1. The molecular weight excluding hydrogens is 474 g/mol. The molecule has 3 N–H and O–H groups in total. The van der Waals surface area contributed by atoms with Gasteiger partial charge in [0.1, 0.15) is 11.4 Å². The summed E-state index contributed by atoms with van der Waals surface area (Å²) in [6.45, 7) is 2.11. The lowest BCUT2D eigenvalue weighted by atomic mass is 10.1. The summed E-state index contributed by atoms with van der Waals surface area (Å²) in [4.78, 5) is 28.2. The molecule has 12 heteroatoms. The molecule has 0 spiro atoms. The van der Waals surface area contributed by atoms with Crippen molar-refractivity contribution in [2.24, 2.45) is 0 Å². The lowest BCUT2D eigenvalue weighted by molar-refractivity contribution is -0.384. The highest BCUT2D eigenvalue weighted by molar-refractivity contribution is 7.93. The first-order chi connectivity index (χ1) is 16.7. The second kappa shape index (κ2) is 9.58. The topological polar surface area (TPSA) is 155 Å². The summed E-state index contributed by atoms with van der Waals surface area (Å²) in [7, 11) is -3.45. The summed E-state index contributed by atoms with van der Waals surface area (Å²) >= 11 is 0. The zero-order valence-electron chi connectivity index (χ0n) is 18.7. The normalized spacial score (nSPS) is 15.4. The van der Waals surface area contributed by atoms with Crippen molar-refractivity contribution in [1.29, 1.82) is 0 Å². The van der Waals surface area contributed by atoms with Crippen LogP contribution in [0.2, 0.25) is 0 Å². The Bertz CT molecular complexity index is 1380. The fraction of sp³-hybridized carbons (Fsp3) is 0.217. The van der Waals surface area contributed by atoms with Crippen LogP contribution in [0.5, 0.6) is 5.75 Å². The van der Waals surface area contributed by atoms with Crippen molar-refractivity contribution in [2.45, 2.75) is 19.4 Å². The van der Waals surface area contributed by atoms with Crippen LogP contribution in [0.15, 0.2) is 60.8 Å². The van der Waals surface area contributed by atoms with E-state index >= 15 is 0 Å². The van der Waals surface area contributed by atoms with Gasteiger partial charge in [0.05, 0.1) is 33.8 Å². The molecule has 0 saturated carbocycles. The number of phenols is 1. The van der Waals surface area contributed by atoms with E-state index < -0.39 is 20.9 Å². The number of nitro groups is 1. The molecule has 1 fully saturated rings. The van der Waals surface area contributed by atoms with E-state index in [2.05, 4.69) is 15.6 Å². The van der Waals surface area contributed by atoms with Crippen molar-refractivity contribution < 1.29 is 23.2 Å². The number of nitrogens with one attached hydrogen (secondary N) is 2. The molecule has 1 aromatic heterocycles. The number of anilines is 3. The molecule has 35 heavy (non-hydrogen) atoms. The molecule has 4 rings (SSSR count). The average Bonchev–Trinajstić information content (AvgIpc) is 3.19. The fourth-order valence-corrected chi connectivity index (χ4v) is 5.34. The molecule has 0 radical (unpaired) electrons. The number of aromatic nitrogens is 1. The molecule has 0 bridgehead atoms. The molecule has 1 atom stereocenters. The van der Waals surface area contributed by atoms with Crippen LogP contribution in [0.3, 0.4) is 0 Å². The Morgan fingerprint density at radius 2 is 1.97 bits per heavy atom. The first kappa shape index (κ1) is 24.0. The van der Waals surface area contributed by atoms with Crippen molar-refractivity contribution in [1.82, 2.24) is 4.98 Å². The summed E-state index contributed by atoms with van der Waals surface area (Å²) in [5.41, 5.74) is 0.897. The lowest BCUT2D eigenvalue weighted by Gasteiger charge is -2.18. The van der Waals surface area contributed by atoms with Crippen molar-refractivity contribution in [3.05, 3.63) is 82.2 Å². The van der Waals surface area contributed by atoms with Crippen molar-refractivity contribution in [3.8, 4) is 5.75 Å². The van der Waals surface area contributed by atoms with E-state index in [1.165, 1.54) is 34.6 Å². The van der Waals surface area contributed by atoms with E-state index in [0.29, 0.717) is 24.3 Å². The van der Waals surface area contributed by atoms with E-state index in [9.17, 15) is 28.4 Å². The largest absolute Gasteiger partial charge is 0.506 e. The minimum Gasteiger partial charge on any atom is -0.506 e. The summed E-state index contributed by atoms with van der Waals surface area (Å²) in [6.07, 6.45) is 2.10. The average molecular weight is 498 g/mol. The number of nitro benzene ring substituents is 1. The van der Waals surface area contributed by atoms with Gasteiger partial charge in [-0.25, -0.2) is 8.42 Å². The van der Waals surface area contributed by atoms with Crippen LogP contribution in [-0.2, 0) is 10.0 Å². The number of carbonyl (C=O) groups excluding carboxylic acids is 1. The van der Waals surface area contributed by atoms with Crippen LogP contribution in [0.1, 0.15) is 35.4 Å². The number of phenolic OH excluding ortho intramolecular Hbond substituents is 1. The van der Waals surface area contributed by atoms with Crippen LogP contribution in [0.4, 0.5) is 22.7 Å². The van der Waals surface area contributed by atoms with Gasteiger partial charge < -0.3 is 15.7 Å². The van der Waals surface area contributed by atoms with Crippen LogP contribution in [0.25, 0.3) is 0 Å². The molecule has 0 aliphatic carbocycles. The van der Waals surface area contributed by atoms with Gasteiger partial charge in [-0.15, -0.1) is 0 Å². The molecule has 182 valence electrons. The second-order valence-electron chi connectivity index (χ2n) is 8.01. The lowest BCUT2D eigenvalue weighted by Crippen LogP contribution is -2.25. The Morgan fingerprint density at radius 3 is 2.63 bits per heavy atom. The Morgan fingerprint density at radius 1 is 1.17 bits per heavy atom. The number of aromatic hydroxyl groups is 1. The van der Waals surface area contributed by atoms with Gasteiger partial charge in [0, 0.05) is 24.4 Å². The van der Waals surface area contributed by atoms with Gasteiger partial charge in [0.15, 0.2) is 0 Å². The summed E-state index contributed by atoms with van der Waals surface area (Å²) < 4.78 is 25.6. The molecule has 1 aliphatic rings. The molecule has 2 heterocycles. The van der Waals surface area contributed by atoms with Gasteiger partial charge in [-0.1, -0.05) is 6.07 Å². The quantitative estimate of drug-likeness (QED) is 0.254. The van der Waals surface area contributed by atoms with E-state index in [4.69, 9.17) is 0 Å². The molecule has 1 amide bonds. The van der Waals surface area contributed by atoms with Gasteiger partial charge in [0.2, 0.25) is 10.0 Å². The Labute approximate surface area is 201 Å². The number of amides is 1. The molecular formula is C23H23N5O6S. The first-order valence-electron chi connectivity index (χ1n) is 10.8. The third-order valence-corrected chi connectivity index (χ3v) is 7.45. The van der Waals surface area contributed by atoms with Gasteiger partial charge in [-0.2, -0.15) is 0 Å². The monoisotopic (exact) mass is 497 g/mol. The number of nitrogens with zero attached hydrogens (tertiary/aromatic N) is 3. The van der Waals surface area contributed by atoms with Crippen LogP contribution in [0, 0.1) is 10.1 Å². The van der Waals surface area contributed by atoms with Crippen LogP contribution < -0.4 is 14.9 Å². The Kier molecular flexibility index (Phi) is 6.56. The number of carbonyl (C=O) groups is 1. The van der Waals surface area contributed by atoms with Gasteiger partial charge in [-0.05, 0) is 55.8 Å². The number of hydrogen-bond donors (Lipinski definition) is 3. The van der Waals surface area contributed by atoms with E-state index in [-0.39, 0.29) is 40.2 Å². The zero-order chi connectivity index (χ0) is 25.2. The number of rotatable bonds is 7. The first-order valence-corrected chi connectivity index (χ1v) is 12.4. The van der Waals surface area contributed by atoms with Crippen molar-refractivity contribution >= 4 is 38.7 Å². The third kappa shape index (κ3) is 5.17. The molecule has 3 aromatic rings. The maximum absolute atomic E-state index is 12.8. The zero-order valence-corrected chi connectivity index (χ0v) is 19.5. The van der Waals surface area contributed by atoms with E-state index in [1.54, 1.807) is 18.3 Å². The Hall–Kier alpha value is -4.19. The molecule has 1 saturated heterocycles. The highest BCUT2D eigenvalue weighted by Crippen LogP contribution is 2.33. The minimum absolute atomic E-state index is 0.00802. The van der Waals surface area contributed by atoms with Crippen LogP contribution >= 0.6 is 0 Å². The number of benzene rings is 2. The molecule has 2 aromatic carbocycles. The van der Waals surface area contributed by atoms with Crippen LogP contribution in [-0.4, -0.2) is 41.6 Å². The minimum atomic E-state index is -3.45. The SMILES string of the molecule is CC(Nc1ccc(C(=O)Nc2cc(N3CCCS3(=O)=O)ccc2O)cc1[N+](=O)[O-])c1ccccn1. The predicted octanol–water partition coefficient (Wildman–Crippen LogP) is 3.66. The highest BCUT2D eigenvalue weighted by Gasteiger charge is 2.29. The van der Waals surface area contributed by atoms with Gasteiger partial charge in [-0.3, -0.25) is 24.2 Å². The molecule has 1 unspecified atom stereocenters. The smallest absolute Gasteiger partial charge is 0.293 e. The summed E-state index contributed by atoms with van der Waals surface area (Å²) in [5, 5.41) is 27.4. The number of hydrogen-bond acceptors (Lipinski definition) is 8. The van der Waals surface area contributed by atoms with Gasteiger partial charge >= 0.3 is 0 Å². The second-order valence-corrected chi connectivity index (χ2v) is 10.0. The standard InChI is InChI=1S/C23H23N5O6S/c1-15(18-5-2-3-10-24-18)25-19-8-6-16(13-21(19)28(31)32)23(30)26-20-14-17(7-9-22(20)29)27-11-4-12-35(27,33)34/h2-3,5-10,13-15,25,29H,4,11-12H2,1H3,(H,26,30). The van der Waals surface area contributed by atoms with Crippen molar-refractivity contribution in [2.75, 3.05) is 27.2 Å². The maximum Gasteiger partial charge on any atom is 0.293 e. The van der Waals surface area contributed by atoms with E-state index in [0.717, 1.165) is 6.07 Å². The van der Waals surface area contributed by atoms with Crippen molar-refractivity contribution in [3.63, 3.8) is 0 Å². The van der Waals surface area contributed by atoms with Gasteiger partial charge in [0.25, 0.3) is 11.6 Å². The molecule has 1 aliphatic heterocycles.